The van der Waals surface area contributed by atoms with Crippen molar-refractivity contribution >= 4 is 27.5 Å². The van der Waals surface area contributed by atoms with E-state index in [0.717, 1.165) is 6.42 Å². The minimum atomic E-state index is -3.76. The largest absolute Gasteiger partial charge is 0.354 e. The SMILES string of the molecule is O=C1C[C@H]2N(S(=O)(=O)c3ccccc3Cl)CC[C@]23OCCCN13. The fraction of sp³-hybridized carbons (Fsp3) is 0.533. The zero-order valence-corrected chi connectivity index (χ0v) is 14.0. The molecule has 1 aromatic carbocycles. The second kappa shape index (κ2) is 5.17. The zero-order chi connectivity index (χ0) is 16.2. The summed E-state index contributed by atoms with van der Waals surface area (Å²) in [4.78, 5) is 14.1. The monoisotopic (exact) mass is 356 g/mol. The van der Waals surface area contributed by atoms with Crippen LogP contribution in [0.5, 0.6) is 0 Å². The van der Waals surface area contributed by atoms with Crippen LogP contribution >= 0.6 is 11.6 Å². The van der Waals surface area contributed by atoms with Gasteiger partial charge in [-0.25, -0.2) is 8.42 Å². The number of sulfonamides is 1. The van der Waals surface area contributed by atoms with Gasteiger partial charge in [-0.05, 0) is 18.6 Å². The quantitative estimate of drug-likeness (QED) is 0.804. The summed E-state index contributed by atoms with van der Waals surface area (Å²) < 4.78 is 33.4. The van der Waals surface area contributed by atoms with Crippen molar-refractivity contribution in [1.82, 2.24) is 9.21 Å². The van der Waals surface area contributed by atoms with E-state index in [4.69, 9.17) is 16.3 Å². The Labute approximate surface area is 140 Å². The molecule has 1 amide bonds. The lowest BCUT2D eigenvalue weighted by Crippen LogP contribution is -2.56. The van der Waals surface area contributed by atoms with E-state index in [0.29, 0.717) is 26.1 Å². The fourth-order valence-electron chi connectivity index (χ4n) is 3.98. The van der Waals surface area contributed by atoms with Crippen molar-refractivity contribution in [3.8, 4) is 0 Å². The molecule has 3 saturated heterocycles. The van der Waals surface area contributed by atoms with E-state index in [1.54, 1.807) is 23.1 Å². The van der Waals surface area contributed by atoms with Gasteiger partial charge in [0.15, 0.2) is 5.72 Å². The van der Waals surface area contributed by atoms with Crippen LogP contribution in [0.4, 0.5) is 0 Å². The van der Waals surface area contributed by atoms with E-state index in [2.05, 4.69) is 0 Å². The van der Waals surface area contributed by atoms with Crippen molar-refractivity contribution in [1.29, 1.82) is 0 Å². The van der Waals surface area contributed by atoms with Crippen LogP contribution in [0.1, 0.15) is 19.3 Å². The molecule has 2 atom stereocenters. The van der Waals surface area contributed by atoms with Crippen molar-refractivity contribution < 1.29 is 17.9 Å². The molecule has 3 heterocycles. The van der Waals surface area contributed by atoms with E-state index >= 15 is 0 Å². The van der Waals surface area contributed by atoms with Crippen LogP contribution in [-0.2, 0) is 19.6 Å². The molecule has 3 fully saturated rings. The van der Waals surface area contributed by atoms with Crippen LogP contribution < -0.4 is 0 Å². The van der Waals surface area contributed by atoms with E-state index in [-0.39, 0.29) is 22.2 Å². The average Bonchev–Trinajstić information content (AvgIpc) is 3.00. The third-order valence-electron chi connectivity index (χ3n) is 4.99. The second-order valence-electron chi connectivity index (χ2n) is 6.11. The van der Waals surface area contributed by atoms with Crippen LogP contribution in [0.2, 0.25) is 5.02 Å². The Morgan fingerprint density at radius 1 is 1.26 bits per heavy atom. The minimum Gasteiger partial charge on any atom is -0.354 e. The zero-order valence-electron chi connectivity index (χ0n) is 12.4. The second-order valence-corrected chi connectivity index (χ2v) is 8.37. The molecule has 1 aromatic rings. The van der Waals surface area contributed by atoms with Gasteiger partial charge in [0.2, 0.25) is 15.9 Å². The molecule has 0 saturated carbocycles. The lowest BCUT2D eigenvalue weighted by Gasteiger charge is -2.42. The summed E-state index contributed by atoms with van der Waals surface area (Å²) in [5, 5.41) is 0.194. The molecule has 1 spiro atoms. The normalized spacial score (nSPS) is 31.3. The van der Waals surface area contributed by atoms with Crippen LogP contribution in [0.15, 0.2) is 29.2 Å². The van der Waals surface area contributed by atoms with Crippen molar-refractivity contribution in [2.24, 2.45) is 0 Å². The molecule has 3 aliphatic heterocycles. The van der Waals surface area contributed by atoms with Crippen LogP contribution in [0, 0.1) is 0 Å². The van der Waals surface area contributed by atoms with Gasteiger partial charge >= 0.3 is 0 Å². The molecule has 0 N–H and O–H groups in total. The first-order valence-electron chi connectivity index (χ1n) is 7.68. The number of nitrogens with zero attached hydrogens (tertiary/aromatic N) is 2. The molecule has 0 bridgehead atoms. The molecular formula is C15H17ClN2O4S. The van der Waals surface area contributed by atoms with E-state index in [9.17, 15) is 13.2 Å². The maximum Gasteiger partial charge on any atom is 0.244 e. The van der Waals surface area contributed by atoms with Crippen molar-refractivity contribution in [3.05, 3.63) is 29.3 Å². The number of hydrogen-bond donors (Lipinski definition) is 0. The first kappa shape index (κ1) is 15.4. The highest BCUT2D eigenvalue weighted by atomic mass is 35.5. The number of amides is 1. The Hall–Kier alpha value is -1.15. The highest BCUT2D eigenvalue weighted by Gasteiger charge is 2.63. The van der Waals surface area contributed by atoms with Crippen molar-refractivity contribution in [2.75, 3.05) is 19.7 Å². The number of carbonyl (C=O) groups excluding carboxylic acids is 1. The molecule has 124 valence electrons. The van der Waals surface area contributed by atoms with Crippen LogP contribution in [0.25, 0.3) is 0 Å². The molecule has 6 nitrogen and oxygen atoms in total. The number of hydrogen-bond acceptors (Lipinski definition) is 4. The Bertz CT molecular complexity index is 768. The molecule has 0 aromatic heterocycles. The smallest absolute Gasteiger partial charge is 0.244 e. The van der Waals surface area contributed by atoms with Crippen LogP contribution in [0.3, 0.4) is 0 Å². The van der Waals surface area contributed by atoms with Gasteiger partial charge in [0.25, 0.3) is 0 Å². The highest BCUT2D eigenvalue weighted by Crippen LogP contribution is 2.47. The fourth-order valence-corrected chi connectivity index (χ4v) is 6.13. The Balaban J connectivity index is 1.75. The third kappa shape index (κ3) is 2.07. The number of rotatable bonds is 2. The van der Waals surface area contributed by atoms with Crippen molar-refractivity contribution in [2.45, 2.75) is 35.9 Å². The van der Waals surface area contributed by atoms with Gasteiger partial charge in [-0.3, -0.25) is 4.79 Å². The van der Waals surface area contributed by atoms with Crippen LogP contribution in [-0.4, -0.2) is 55.0 Å². The molecule has 0 aliphatic carbocycles. The molecule has 3 aliphatic rings. The van der Waals surface area contributed by atoms with Crippen molar-refractivity contribution in [3.63, 3.8) is 0 Å². The minimum absolute atomic E-state index is 0.0336. The number of benzene rings is 1. The first-order chi connectivity index (χ1) is 11.0. The summed E-state index contributed by atoms with van der Waals surface area (Å²) in [6.07, 6.45) is 1.47. The van der Waals surface area contributed by atoms with Gasteiger partial charge in [-0.15, -0.1) is 0 Å². The molecule has 0 unspecified atom stereocenters. The topological polar surface area (TPSA) is 66.9 Å². The summed E-state index contributed by atoms with van der Waals surface area (Å²) in [6.45, 7) is 1.53. The summed E-state index contributed by atoms with van der Waals surface area (Å²) in [6, 6.07) is 5.92. The van der Waals surface area contributed by atoms with Gasteiger partial charge in [0.1, 0.15) is 4.90 Å². The van der Waals surface area contributed by atoms with E-state index in [1.165, 1.54) is 10.4 Å². The molecule has 23 heavy (non-hydrogen) atoms. The standard InChI is InChI=1S/C15H17ClN2O4S/c16-11-4-1-2-5-12(11)23(20,21)18-8-6-15-13(18)10-14(19)17(15)7-3-9-22-15/h1-2,4-5,13H,3,6-10H2/t13-,15+/m1/s1. The maximum absolute atomic E-state index is 13.0. The Morgan fingerprint density at radius 3 is 2.83 bits per heavy atom. The molecular weight excluding hydrogens is 340 g/mol. The van der Waals surface area contributed by atoms with E-state index < -0.39 is 21.8 Å². The van der Waals surface area contributed by atoms with Gasteiger partial charge in [0, 0.05) is 25.9 Å². The van der Waals surface area contributed by atoms with E-state index in [1.807, 2.05) is 0 Å². The summed E-state index contributed by atoms with van der Waals surface area (Å²) in [5.74, 6) is -0.0336. The number of halogens is 1. The predicted molar refractivity (Wildman–Crippen MR) is 83.4 cm³/mol. The Kier molecular flexibility index (Phi) is 3.46. The molecule has 0 radical (unpaired) electrons. The summed E-state index contributed by atoms with van der Waals surface area (Å²) in [7, 11) is -3.76. The van der Waals surface area contributed by atoms with Gasteiger partial charge < -0.3 is 9.64 Å². The average molecular weight is 357 g/mol. The lowest BCUT2D eigenvalue weighted by molar-refractivity contribution is -0.178. The third-order valence-corrected chi connectivity index (χ3v) is 7.39. The van der Waals surface area contributed by atoms with Gasteiger partial charge in [-0.1, -0.05) is 23.7 Å². The maximum atomic E-state index is 13.0. The number of carbonyl (C=O) groups is 1. The number of ether oxygens (including phenoxy) is 1. The highest BCUT2D eigenvalue weighted by molar-refractivity contribution is 7.89. The summed E-state index contributed by atoms with van der Waals surface area (Å²) in [5.41, 5.74) is -0.788. The van der Waals surface area contributed by atoms with Gasteiger partial charge in [0.05, 0.1) is 17.7 Å². The van der Waals surface area contributed by atoms with Gasteiger partial charge in [-0.2, -0.15) is 4.31 Å². The molecule has 8 heteroatoms. The summed E-state index contributed by atoms with van der Waals surface area (Å²) >= 11 is 6.08. The molecule has 4 rings (SSSR count). The first-order valence-corrected chi connectivity index (χ1v) is 9.49. The Morgan fingerprint density at radius 2 is 2.04 bits per heavy atom. The lowest BCUT2D eigenvalue weighted by atomic mass is 10.0. The predicted octanol–water partition coefficient (Wildman–Crippen LogP) is 1.45.